The number of anilines is 2. The van der Waals surface area contributed by atoms with Gasteiger partial charge in [-0.15, -0.1) is 0 Å². The summed E-state index contributed by atoms with van der Waals surface area (Å²) >= 11 is 3.05. The van der Waals surface area contributed by atoms with Crippen molar-refractivity contribution in [3.63, 3.8) is 0 Å². The molecule has 0 spiro atoms. The number of benzene rings is 2. The van der Waals surface area contributed by atoms with Crippen molar-refractivity contribution in [2.45, 2.75) is 13.8 Å². The second-order valence-electron chi connectivity index (χ2n) is 4.55. The standard InChI is InChI=1S/C15H14BrFN2O/c1-8-3-6-13(18)9(2)14(8)19-15(20)10-4-5-11(16)12(17)7-10/h3-7H,18H2,1-2H3,(H,19,20). The van der Waals surface area contributed by atoms with Gasteiger partial charge in [0.1, 0.15) is 5.82 Å². The molecular formula is C15H14BrFN2O. The fourth-order valence-electron chi connectivity index (χ4n) is 1.88. The predicted octanol–water partition coefficient (Wildman–Crippen LogP) is 4.04. The van der Waals surface area contributed by atoms with Crippen LogP contribution in [0, 0.1) is 19.7 Å². The van der Waals surface area contributed by atoms with Gasteiger partial charge in [-0.05, 0) is 65.2 Å². The third-order valence-electron chi connectivity index (χ3n) is 3.14. The van der Waals surface area contributed by atoms with E-state index in [0.717, 1.165) is 11.1 Å². The molecular weight excluding hydrogens is 323 g/mol. The Morgan fingerprint density at radius 2 is 1.95 bits per heavy atom. The highest BCUT2D eigenvalue weighted by molar-refractivity contribution is 9.10. The smallest absolute Gasteiger partial charge is 0.255 e. The highest BCUT2D eigenvalue weighted by Gasteiger charge is 2.12. The highest BCUT2D eigenvalue weighted by Crippen LogP contribution is 2.26. The molecule has 5 heteroatoms. The maximum absolute atomic E-state index is 13.5. The molecule has 0 bridgehead atoms. The van der Waals surface area contributed by atoms with Gasteiger partial charge in [0.25, 0.3) is 5.91 Å². The molecule has 0 fully saturated rings. The van der Waals surface area contributed by atoms with E-state index >= 15 is 0 Å². The first kappa shape index (κ1) is 14.5. The van der Waals surface area contributed by atoms with Crippen molar-refractivity contribution in [2.75, 3.05) is 11.1 Å². The van der Waals surface area contributed by atoms with Crippen LogP contribution in [0.4, 0.5) is 15.8 Å². The summed E-state index contributed by atoms with van der Waals surface area (Å²) in [6.07, 6.45) is 0. The van der Waals surface area contributed by atoms with Crippen LogP contribution in [0.1, 0.15) is 21.5 Å². The number of nitrogen functional groups attached to an aromatic ring is 1. The van der Waals surface area contributed by atoms with Crippen LogP contribution in [0.15, 0.2) is 34.8 Å². The molecule has 20 heavy (non-hydrogen) atoms. The number of rotatable bonds is 2. The van der Waals surface area contributed by atoms with E-state index in [4.69, 9.17) is 5.73 Å². The molecule has 3 N–H and O–H groups in total. The predicted molar refractivity (Wildman–Crippen MR) is 82.4 cm³/mol. The molecule has 0 aliphatic rings. The van der Waals surface area contributed by atoms with E-state index in [1.54, 1.807) is 12.1 Å². The van der Waals surface area contributed by atoms with Crippen LogP contribution in [0.3, 0.4) is 0 Å². The third kappa shape index (κ3) is 2.82. The Balaban J connectivity index is 2.32. The van der Waals surface area contributed by atoms with E-state index < -0.39 is 5.82 Å². The van der Waals surface area contributed by atoms with Crippen LogP contribution in [0.2, 0.25) is 0 Å². The van der Waals surface area contributed by atoms with Gasteiger partial charge in [0.05, 0.1) is 4.47 Å². The average molecular weight is 337 g/mol. The van der Waals surface area contributed by atoms with E-state index in [9.17, 15) is 9.18 Å². The molecule has 0 saturated carbocycles. The zero-order valence-corrected chi connectivity index (χ0v) is 12.7. The summed E-state index contributed by atoms with van der Waals surface area (Å²) in [5, 5.41) is 2.78. The fraction of sp³-hybridized carbons (Fsp3) is 0.133. The second-order valence-corrected chi connectivity index (χ2v) is 5.41. The number of carbonyl (C=O) groups is 1. The lowest BCUT2D eigenvalue weighted by molar-refractivity contribution is 0.102. The van der Waals surface area contributed by atoms with Crippen molar-refractivity contribution in [1.29, 1.82) is 0 Å². The molecule has 2 rings (SSSR count). The molecule has 0 aliphatic carbocycles. The average Bonchev–Trinajstić information content (AvgIpc) is 2.42. The molecule has 0 radical (unpaired) electrons. The molecule has 0 heterocycles. The Morgan fingerprint density at radius 1 is 1.25 bits per heavy atom. The minimum absolute atomic E-state index is 0.256. The van der Waals surface area contributed by atoms with Gasteiger partial charge in [-0.2, -0.15) is 0 Å². The number of nitrogens with one attached hydrogen (secondary N) is 1. The van der Waals surface area contributed by atoms with E-state index in [0.29, 0.717) is 15.8 Å². The van der Waals surface area contributed by atoms with Gasteiger partial charge < -0.3 is 11.1 Å². The van der Waals surface area contributed by atoms with E-state index in [1.807, 2.05) is 19.9 Å². The van der Waals surface area contributed by atoms with Crippen LogP contribution in [0.5, 0.6) is 0 Å². The Bertz CT molecular complexity index is 686. The molecule has 0 saturated heterocycles. The molecule has 104 valence electrons. The van der Waals surface area contributed by atoms with Crippen molar-refractivity contribution in [3.05, 3.63) is 57.3 Å². The van der Waals surface area contributed by atoms with Crippen molar-refractivity contribution in [1.82, 2.24) is 0 Å². The van der Waals surface area contributed by atoms with Crippen LogP contribution < -0.4 is 11.1 Å². The first-order valence-corrected chi connectivity index (χ1v) is 6.81. The number of carbonyl (C=O) groups excluding carboxylic acids is 1. The first-order valence-electron chi connectivity index (χ1n) is 6.02. The van der Waals surface area contributed by atoms with Crippen molar-refractivity contribution in [2.24, 2.45) is 0 Å². The van der Waals surface area contributed by atoms with E-state index in [1.165, 1.54) is 12.1 Å². The molecule has 0 atom stereocenters. The van der Waals surface area contributed by atoms with Gasteiger partial charge in [0, 0.05) is 16.9 Å². The lowest BCUT2D eigenvalue weighted by atomic mass is 10.1. The van der Waals surface area contributed by atoms with Crippen molar-refractivity contribution in [3.8, 4) is 0 Å². The summed E-state index contributed by atoms with van der Waals surface area (Å²) in [5.74, 6) is -0.841. The summed E-state index contributed by atoms with van der Waals surface area (Å²) in [4.78, 5) is 12.2. The maximum Gasteiger partial charge on any atom is 0.255 e. The van der Waals surface area contributed by atoms with Crippen LogP contribution >= 0.6 is 15.9 Å². The minimum Gasteiger partial charge on any atom is -0.398 e. The first-order chi connectivity index (χ1) is 9.40. The molecule has 0 aliphatic heterocycles. The summed E-state index contributed by atoms with van der Waals surface area (Å²) in [6.45, 7) is 3.71. The largest absolute Gasteiger partial charge is 0.398 e. The summed E-state index contributed by atoms with van der Waals surface area (Å²) < 4.78 is 13.8. The molecule has 2 aromatic carbocycles. The van der Waals surface area contributed by atoms with Crippen molar-refractivity contribution < 1.29 is 9.18 Å². The van der Waals surface area contributed by atoms with Gasteiger partial charge in [-0.1, -0.05) is 6.07 Å². The topological polar surface area (TPSA) is 55.1 Å². The Labute approximate surface area is 125 Å². The lowest BCUT2D eigenvalue weighted by Crippen LogP contribution is -2.14. The number of halogens is 2. The number of aryl methyl sites for hydroxylation is 1. The van der Waals surface area contributed by atoms with Crippen molar-refractivity contribution >= 4 is 33.2 Å². The Hall–Kier alpha value is -1.88. The highest BCUT2D eigenvalue weighted by atomic mass is 79.9. The van der Waals surface area contributed by atoms with Gasteiger partial charge in [0.15, 0.2) is 0 Å². The summed E-state index contributed by atoms with van der Waals surface area (Å²) in [6, 6.07) is 7.87. The number of amides is 1. The monoisotopic (exact) mass is 336 g/mol. The quantitative estimate of drug-likeness (QED) is 0.813. The van der Waals surface area contributed by atoms with Gasteiger partial charge in [0.2, 0.25) is 0 Å². The van der Waals surface area contributed by atoms with Crippen LogP contribution in [-0.4, -0.2) is 5.91 Å². The zero-order chi connectivity index (χ0) is 14.9. The molecule has 1 amide bonds. The lowest BCUT2D eigenvalue weighted by Gasteiger charge is -2.13. The maximum atomic E-state index is 13.5. The second kappa shape index (κ2) is 5.63. The third-order valence-corrected chi connectivity index (χ3v) is 3.78. The van der Waals surface area contributed by atoms with Crippen LogP contribution in [-0.2, 0) is 0 Å². The number of hydrogen-bond donors (Lipinski definition) is 2. The summed E-state index contributed by atoms with van der Waals surface area (Å²) in [5.41, 5.74) is 9.06. The molecule has 3 nitrogen and oxygen atoms in total. The molecule has 0 aromatic heterocycles. The fourth-order valence-corrected chi connectivity index (χ4v) is 2.13. The van der Waals surface area contributed by atoms with Gasteiger partial charge in [-0.3, -0.25) is 4.79 Å². The van der Waals surface area contributed by atoms with E-state index in [2.05, 4.69) is 21.2 Å². The number of nitrogens with two attached hydrogens (primary N) is 1. The van der Waals surface area contributed by atoms with E-state index in [-0.39, 0.29) is 11.5 Å². The minimum atomic E-state index is -0.473. The van der Waals surface area contributed by atoms with Gasteiger partial charge >= 0.3 is 0 Å². The van der Waals surface area contributed by atoms with Gasteiger partial charge in [-0.25, -0.2) is 4.39 Å². The SMILES string of the molecule is Cc1ccc(N)c(C)c1NC(=O)c1ccc(Br)c(F)c1. The Morgan fingerprint density at radius 3 is 2.60 bits per heavy atom. The molecule has 2 aromatic rings. The number of hydrogen-bond acceptors (Lipinski definition) is 2. The van der Waals surface area contributed by atoms with Crippen LogP contribution in [0.25, 0.3) is 0 Å². The summed E-state index contributed by atoms with van der Waals surface area (Å²) in [7, 11) is 0. The molecule has 0 unspecified atom stereocenters. The normalized spacial score (nSPS) is 10.4. The zero-order valence-electron chi connectivity index (χ0n) is 11.1. The Kier molecular flexibility index (Phi) is 4.09.